The molecule has 3 aromatic carbocycles. The highest BCUT2D eigenvalue weighted by atomic mass is 35.5. The third kappa shape index (κ3) is 7.49. The minimum atomic E-state index is -4.21. The molecule has 0 aliphatic rings. The molecule has 2 amide bonds. The Labute approximate surface area is 251 Å². The summed E-state index contributed by atoms with van der Waals surface area (Å²) in [6.07, 6.45) is 0.708. The van der Waals surface area contributed by atoms with E-state index in [1.54, 1.807) is 56.3 Å². The number of benzene rings is 3. The molecule has 0 radical (unpaired) electrons. The minimum Gasteiger partial charge on any atom is -0.354 e. The van der Waals surface area contributed by atoms with Crippen LogP contribution in [0.15, 0.2) is 65.6 Å². The van der Waals surface area contributed by atoms with Crippen molar-refractivity contribution in [1.29, 1.82) is 0 Å². The third-order valence-corrected chi connectivity index (χ3v) is 9.15. The first kappa shape index (κ1) is 31.7. The van der Waals surface area contributed by atoms with Gasteiger partial charge in [-0.2, -0.15) is 0 Å². The zero-order valence-electron chi connectivity index (χ0n) is 22.7. The maximum atomic E-state index is 14.0. The molecule has 1 N–H and O–H groups in total. The number of rotatable bonds is 11. The summed E-state index contributed by atoms with van der Waals surface area (Å²) in [6, 6.07) is 15.2. The van der Waals surface area contributed by atoms with Crippen molar-refractivity contribution in [3.63, 3.8) is 0 Å². The molecule has 0 heterocycles. The van der Waals surface area contributed by atoms with Gasteiger partial charge in [-0.3, -0.25) is 13.9 Å². The fourth-order valence-corrected chi connectivity index (χ4v) is 6.19. The molecule has 11 heteroatoms. The van der Waals surface area contributed by atoms with Crippen molar-refractivity contribution in [3.05, 3.63) is 92.4 Å². The first-order valence-electron chi connectivity index (χ1n) is 12.7. The Kier molecular flexibility index (Phi) is 10.9. The van der Waals surface area contributed by atoms with Crippen LogP contribution in [0.5, 0.6) is 0 Å². The number of nitrogens with one attached hydrogen (secondary N) is 1. The molecule has 214 valence electrons. The number of halogens is 3. The number of aryl methyl sites for hydroxylation is 2. The molecule has 0 saturated carbocycles. The molecule has 1 atom stereocenters. The molecular formula is C29H32Cl3N3O4S. The predicted octanol–water partition coefficient (Wildman–Crippen LogP) is 6.40. The van der Waals surface area contributed by atoms with Gasteiger partial charge in [-0.25, -0.2) is 8.42 Å². The second-order valence-corrected chi connectivity index (χ2v) is 12.6. The molecule has 7 nitrogen and oxygen atoms in total. The van der Waals surface area contributed by atoms with Crippen LogP contribution < -0.4 is 9.62 Å². The fraction of sp³-hybridized carbons (Fsp3) is 0.310. The van der Waals surface area contributed by atoms with Gasteiger partial charge in [0, 0.05) is 33.7 Å². The first-order valence-corrected chi connectivity index (χ1v) is 15.3. The van der Waals surface area contributed by atoms with E-state index in [0.29, 0.717) is 39.2 Å². The maximum Gasteiger partial charge on any atom is 0.264 e. The van der Waals surface area contributed by atoms with Crippen LogP contribution in [0.25, 0.3) is 0 Å². The van der Waals surface area contributed by atoms with Crippen molar-refractivity contribution < 1.29 is 18.0 Å². The summed E-state index contributed by atoms with van der Waals surface area (Å²) in [6.45, 7) is 6.80. The number of anilines is 1. The van der Waals surface area contributed by atoms with Gasteiger partial charge in [-0.15, -0.1) is 0 Å². The molecule has 0 aromatic heterocycles. The van der Waals surface area contributed by atoms with Crippen LogP contribution in [0.3, 0.4) is 0 Å². The van der Waals surface area contributed by atoms with E-state index < -0.39 is 28.5 Å². The van der Waals surface area contributed by atoms with E-state index in [1.165, 1.54) is 23.1 Å². The third-order valence-electron chi connectivity index (χ3n) is 6.43. The van der Waals surface area contributed by atoms with Gasteiger partial charge in [0.25, 0.3) is 10.0 Å². The highest BCUT2D eigenvalue weighted by Gasteiger charge is 2.33. The van der Waals surface area contributed by atoms with Gasteiger partial charge in [-0.05, 0) is 69.2 Å². The van der Waals surface area contributed by atoms with E-state index in [9.17, 15) is 18.0 Å². The van der Waals surface area contributed by atoms with Gasteiger partial charge in [0.2, 0.25) is 11.8 Å². The van der Waals surface area contributed by atoms with Gasteiger partial charge in [0.1, 0.15) is 12.6 Å². The lowest BCUT2D eigenvalue weighted by atomic mass is 10.1. The van der Waals surface area contributed by atoms with Gasteiger partial charge >= 0.3 is 0 Å². The van der Waals surface area contributed by atoms with Crippen LogP contribution in [0.4, 0.5) is 5.69 Å². The summed E-state index contributed by atoms with van der Waals surface area (Å²) in [5, 5.41) is 3.75. The average Bonchev–Trinajstić information content (AvgIpc) is 2.91. The predicted molar refractivity (Wildman–Crippen MR) is 162 cm³/mol. The standard InChI is InChI=1S/C29H32Cl3N3O4S/c1-5-15-33-29(37)21(4)34(17-24-25(31)7-6-8-26(24)32)28(36)18-35(27-16-22(30)12-11-20(27)3)40(38,39)23-13-9-19(2)10-14-23/h6-14,16,21H,5,15,17-18H2,1-4H3,(H,33,37)/t21-/m1/s1. The zero-order chi connectivity index (χ0) is 29.6. The summed E-state index contributed by atoms with van der Waals surface area (Å²) in [5.74, 6) is -1.00. The number of carbonyl (C=O) groups excluding carboxylic acids is 2. The second kappa shape index (κ2) is 13.7. The van der Waals surface area contributed by atoms with Crippen LogP contribution in [0.2, 0.25) is 15.1 Å². The van der Waals surface area contributed by atoms with Crippen molar-refractivity contribution in [2.75, 3.05) is 17.4 Å². The highest BCUT2D eigenvalue weighted by Crippen LogP contribution is 2.31. The van der Waals surface area contributed by atoms with E-state index >= 15 is 0 Å². The summed E-state index contributed by atoms with van der Waals surface area (Å²) >= 11 is 19.1. The van der Waals surface area contributed by atoms with Gasteiger partial charge < -0.3 is 10.2 Å². The number of nitrogens with zero attached hydrogens (tertiary/aromatic N) is 2. The molecular weight excluding hydrogens is 593 g/mol. The normalized spacial score (nSPS) is 12.1. The van der Waals surface area contributed by atoms with Gasteiger partial charge in [-0.1, -0.05) is 71.6 Å². The molecule has 0 spiro atoms. The summed E-state index contributed by atoms with van der Waals surface area (Å²) in [5.41, 5.74) is 2.18. The smallest absolute Gasteiger partial charge is 0.264 e. The minimum absolute atomic E-state index is 0.0136. The van der Waals surface area contributed by atoms with Crippen LogP contribution in [0.1, 0.15) is 37.0 Å². The number of amides is 2. The van der Waals surface area contributed by atoms with Crippen molar-refractivity contribution in [2.24, 2.45) is 0 Å². The molecule has 0 aliphatic carbocycles. The van der Waals surface area contributed by atoms with Crippen LogP contribution in [0, 0.1) is 13.8 Å². The SMILES string of the molecule is CCCNC(=O)[C@@H](C)N(Cc1c(Cl)cccc1Cl)C(=O)CN(c1cc(Cl)ccc1C)S(=O)(=O)c1ccc(C)cc1. The monoisotopic (exact) mass is 623 g/mol. The molecule has 0 unspecified atom stereocenters. The Morgan fingerprint density at radius 2 is 1.57 bits per heavy atom. The number of hydrogen-bond donors (Lipinski definition) is 1. The first-order chi connectivity index (χ1) is 18.9. The Balaban J connectivity index is 2.10. The van der Waals surface area contributed by atoms with Gasteiger partial charge in [0.15, 0.2) is 0 Å². The van der Waals surface area contributed by atoms with E-state index in [4.69, 9.17) is 34.8 Å². The average molecular weight is 625 g/mol. The Morgan fingerprint density at radius 3 is 2.17 bits per heavy atom. The topological polar surface area (TPSA) is 86.8 Å². The van der Waals surface area contributed by atoms with E-state index in [0.717, 1.165) is 9.87 Å². The Morgan fingerprint density at radius 1 is 0.950 bits per heavy atom. The summed E-state index contributed by atoms with van der Waals surface area (Å²) in [4.78, 5) is 28.3. The van der Waals surface area contributed by atoms with E-state index in [2.05, 4.69) is 5.32 Å². The van der Waals surface area contributed by atoms with Gasteiger partial charge in [0.05, 0.1) is 10.6 Å². The molecule has 3 rings (SSSR count). The quantitative estimate of drug-likeness (QED) is 0.267. The van der Waals surface area contributed by atoms with Crippen molar-refractivity contribution in [1.82, 2.24) is 10.2 Å². The lowest BCUT2D eigenvalue weighted by molar-refractivity contribution is -0.139. The highest BCUT2D eigenvalue weighted by molar-refractivity contribution is 7.92. The van der Waals surface area contributed by atoms with Crippen molar-refractivity contribution in [2.45, 2.75) is 51.6 Å². The summed E-state index contributed by atoms with van der Waals surface area (Å²) in [7, 11) is -4.21. The molecule has 40 heavy (non-hydrogen) atoms. The molecule has 0 fully saturated rings. The lowest BCUT2D eigenvalue weighted by Crippen LogP contribution is -2.51. The fourth-order valence-electron chi connectivity index (χ4n) is 4.03. The largest absolute Gasteiger partial charge is 0.354 e. The van der Waals surface area contributed by atoms with Crippen molar-refractivity contribution >= 4 is 62.3 Å². The molecule has 3 aromatic rings. The van der Waals surface area contributed by atoms with Crippen LogP contribution >= 0.6 is 34.8 Å². The second-order valence-electron chi connectivity index (χ2n) is 9.44. The zero-order valence-corrected chi connectivity index (χ0v) is 25.8. The Hall–Kier alpha value is -2.78. The number of carbonyl (C=O) groups is 2. The summed E-state index contributed by atoms with van der Waals surface area (Å²) < 4.78 is 29.0. The molecule has 0 saturated heterocycles. The van der Waals surface area contributed by atoms with E-state index in [1.807, 2.05) is 13.8 Å². The maximum absolute atomic E-state index is 14.0. The van der Waals surface area contributed by atoms with Crippen molar-refractivity contribution in [3.8, 4) is 0 Å². The lowest BCUT2D eigenvalue weighted by Gasteiger charge is -2.32. The Bertz CT molecular complexity index is 1460. The van der Waals surface area contributed by atoms with Crippen LogP contribution in [-0.2, 0) is 26.2 Å². The number of hydrogen-bond acceptors (Lipinski definition) is 4. The van der Waals surface area contributed by atoms with E-state index in [-0.39, 0.29) is 23.0 Å². The molecule has 0 aliphatic heterocycles. The molecule has 0 bridgehead atoms. The number of sulfonamides is 1. The van der Waals surface area contributed by atoms with Crippen LogP contribution in [-0.4, -0.2) is 44.3 Å².